The van der Waals surface area contributed by atoms with Crippen molar-refractivity contribution in [3.8, 4) is 0 Å². The molecule has 1 spiro atoms. The molecule has 5 rings (SSSR count). The van der Waals surface area contributed by atoms with Crippen LogP contribution in [0.5, 0.6) is 0 Å². The van der Waals surface area contributed by atoms with Crippen molar-refractivity contribution in [1.82, 2.24) is 9.80 Å². The van der Waals surface area contributed by atoms with Crippen LogP contribution in [0.1, 0.15) is 38.2 Å². The lowest BCUT2D eigenvalue weighted by Crippen LogP contribution is -2.50. The zero-order valence-corrected chi connectivity index (χ0v) is 17.5. The molecule has 0 saturated carbocycles. The molecular formula is C24H29N3S. The normalized spacial score (nSPS) is 21.7. The topological polar surface area (TPSA) is 18.8 Å². The number of amidine groups is 1. The summed E-state index contributed by atoms with van der Waals surface area (Å²) in [6.45, 7) is 8.16. The Hall–Kier alpha value is -1.78. The predicted molar refractivity (Wildman–Crippen MR) is 122 cm³/mol. The van der Waals surface area contributed by atoms with E-state index < -0.39 is 0 Å². The number of thioether (sulfide) groups is 1. The molecule has 3 heterocycles. The van der Waals surface area contributed by atoms with E-state index in [1.807, 2.05) is 0 Å². The van der Waals surface area contributed by atoms with E-state index in [2.05, 4.69) is 64.6 Å². The molecule has 0 aliphatic carbocycles. The van der Waals surface area contributed by atoms with Gasteiger partial charge in [0, 0.05) is 23.9 Å². The molecule has 4 heteroatoms. The first-order valence-electron chi connectivity index (χ1n) is 10.7. The van der Waals surface area contributed by atoms with Crippen LogP contribution in [0, 0.1) is 5.41 Å². The molecule has 0 aromatic heterocycles. The third-order valence-corrected chi connectivity index (χ3v) is 7.53. The fourth-order valence-electron chi connectivity index (χ4n) is 4.76. The summed E-state index contributed by atoms with van der Waals surface area (Å²) in [5.41, 5.74) is 3.00. The van der Waals surface area contributed by atoms with Gasteiger partial charge in [0.2, 0.25) is 0 Å². The Balaban J connectivity index is 1.35. The smallest absolute Gasteiger partial charge is 0.168 e. The molecule has 3 aliphatic heterocycles. The first-order valence-corrected chi connectivity index (χ1v) is 11.5. The molecule has 0 atom stereocenters. The van der Waals surface area contributed by atoms with Gasteiger partial charge < -0.3 is 9.80 Å². The molecule has 3 aliphatic rings. The van der Waals surface area contributed by atoms with Crippen molar-refractivity contribution < 1.29 is 0 Å². The third kappa shape index (κ3) is 3.37. The highest BCUT2D eigenvalue weighted by molar-refractivity contribution is 8.16. The van der Waals surface area contributed by atoms with E-state index in [9.17, 15) is 0 Å². The predicted octanol–water partition coefficient (Wildman–Crippen LogP) is 5.44. The van der Waals surface area contributed by atoms with Crippen LogP contribution in [0.2, 0.25) is 0 Å². The number of rotatable bonds is 4. The number of fused-ring (bicyclic) bond motifs is 2. The summed E-state index contributed by atoms with van der Waals surface area (Å²) in [5, 5.41) is 6.12. The molecule has 1 fully saturated rings. The van der Waals surface area contributed by atoms with Gasteiger partial charge in [-0.1, -0.05) is 61.5 Å². The van der Waals surface area contributed by atoms with Gasteiger partial charge in [-0.15, -0.1) is 0 Å². The Bertz CT molecular complexity index is 924. The minimum absolute atomic E-state index is 0.354. The number of likely N-dealkylation sites (tertiary alicyclic amines) is 1. The molecule has 2 aromatic carbocycles. The number of benzene rings is 2. The van der Waals surface area contributed by atoms with E-state index >= 15 is 0 Å². The van der Waals surface area contributed by atoms with Gasteiger partial charge in [-0.25, -0.2) is 0 Å². The van der Waals surface area contributed by atoms with Crippen LogP contribution in [0.15, 0.2) is 52.9 Å². The minimum atomic E-state index is 0.354. The lowest BCUT2D eigenvalue weighted by molar-refractivity contribution is 0.0920. The Kier molecular flexibility index (Phi) is 4.93. The molecule has 0 N–H and O–H groups in total. The van der Waals surface area contributed by atoms with Crippen LogP contribution in [0.25, 0.3) is 16.5 Å². The monoisotopic (exact) mass is 391 g/mol. The van der Waals surface area contributed by atoms with Gasteiger partial charge in [0.15, 0.2) is 5.17 Å². The van der Waals surface area contributed by atoms with Crippen LogP contribution in [-0.2, 0) is 0 Å². The number of piperidine rings is 1. The molecule has 28 heavy (non-hydrogen) atoms. The second-order valence-corrected chi connectivity index (χ2v) is 9.40. The van der Waals surface area contributed by atoms with E-state index in [1.165, 1.54) is 72.5 Å². The Labute approximate surface area is 172 Å². The maximum atomic E-state index is 5.03. The first-order chi connectivity index (χ1) is 13.8. The molecule has 1 saturated heterocycles. The molecule has 0 radical (unpaired) electrons. The quantitative estimate of drug-likeness (QED) is 0.692. The summed E-state index contributed by atoms with van der Waals surface area (Å²) in [7, 11) is 0. The largest absolute Gasteiger partial charge is 0.319 e. The highest BCUT2D eigenvalue weighted by Crippen LogP contribution is 2.43. The molecule has 2 aromatic rings. The van der Waals surface area contributed by atoms with Crippen molar-refractivity contribution in [1.29, 1.82) is 0 Å². The van der Waals surface area contributed by atoms with Crippen molar-refractivity contribution in [2.45, 2.75) is 32.6 Å². The SMILES string of the molecule is CCCCN1CCC2(CC1)CN=C1SC=C(c3ccc4ccccc4c3)N1C2. The van der Waals surface area contributed by atoms with Crippen molar-refractivity contribution in [2.24, 2.45) is 10.4 Å². The summed E-state index contributed by atoms with van der Waals surface area (Å²) in [6, 6.07) is 15.5. The number of aliphatic imine (C=N–C) groups is 1. The van der Waals surface area contributed by atoms with E-state index in [0.717, 1.165) is 13.1 Å². The number of hydrogen-bond acceptors (Lipinski definition) is 4. The van der Waals surface area contributed by atoms with Crippen LogP contribution < -0.4 is 0 Å². The van der Waals surface area contributed by atoms with Gasteiger partial charge in [-0.05, 0) is 61.3 Å². The van der Waals surface area contributed by atoms with Crippen LogP contribution >= 0.6 is 11.8 Å². The van der Waals surface area contributed by atoms with E-state index in [-0.39, 0.29) is 0 Å². The van der Waals surface area contributed by atoms with Crippen molar-refractivity contribution in [3.63, 3.8) is 0 Å². The van der Waals surface area contributed by atoms with Crippen molar-refractivity contribution in [3.05, 3.63) is 53.4 Å². The van der Waals surface area contributed by atoms with Gasteiger partial charge in [-0.3, -0.25) is 4.99 Å². The highest BCUT2D eigenvalue weighted by atomic mass is 32.2. The second-order valence-electron chi connectivity index (χ2n) is 8.56. The fourth-order valence-corrected chi connectivity index (χ4v) is 5.67. The molecule has 146 valence electrons. The fraction of sp³-hybridized carbons (Fsp3) is 0.458. The molecule has 0 bridgehead atoms. The van der Waals surface area contributed by atoms with Gasteiger partial charge in [-0.2, -0.15) is 0 Å². The van der Waals surface area contributed by atoms with Gasteiger partial charge in [0.05, 0.1) is 5.70 Å². The molecule has 3 nitrogen and oxygen atoms in total. The lowest BCUT2D eigenvalue weighted by Gasteiger charge is -2.46. The Morgan fingerprint density at radius 1 is 1.07 bits per heavy atom. The molecule has 0 amide bonds. The Morgan fingerprint density at radius 2 is 1.89 bits per heavy atom. The minimum Gasteiger partial charge on any atom is -0.319 e. The number of nitrogens with zero attached hydrogens (tertiary/aromatic N) is 3. The van der Waals surface area contributed by atoms with E-state index in [0.29, 0.717) is 5.41 Å². The maximum absolute atomic E-state index is 5.03. The van der Waals surface area contributed by atoms with Crippen LogP contribution in [-0.4, -0.2) is 47.7 Å². The van der Waals surface area contributed by atoms with Gasteiger partial charge in [0.25, 0.3) is 0 Å². The van der Waals surface area contributed by atoms with Crippen molar-refractivity contribution in [2.75, 3.05) is 32.7 Å². The van der Waals surface area contributed by atoms with Crippen molar-refractivity contribution >= 4 is 33.4 Å². The summed E-state index contributed by atoms with van der Waals surface area (Å²) < 4.78 is 0. The first kappa shape index (κ1) is 18.3. The summed E-state index contributed by atoms with van der Waals surface area (Å²) in [6.07, 6.45) is 5.17. The van der Waals surface area contributed by atoms with Gasteiger partial charge >= 0.3 is 0 Å². The average Bonchev–Trinajstić information content (AvgIpc) is 3.16. The summed E-state index contributed by atoms with van der Waals surface area (Å²) >= 11 is 1.80. The van der Waals surface area contributed by atoms with E-state index in [4.69, 9.17) is 4.99 Å². The zero-order chi connectivity index (χ0) is 19.0. The summed E-state index contributed by atoms with van der Waals surface area (Å²) in [5.74, 6) is 0. The number of unbranched alkanes of at least 4 members (excludes halogenated alkanes) is 1. The molecular weight excluding hydrogens is 362 g/mol. The van der Waals surface area contributed by atoms with E-state index in [1.54, 1.807) is 11.8 Å². The third-order valence-electron chi connectivity index (χ3n) is 6.63. The van der Waals surface area contributed by atoms with Gasteiger partial charge in [0.1, 0.15) is 0 Å². The summed E-state index contributed by atoms with van der Waals surface area (Å²) in [4.78, 5) is 10.2. The maximum Gasteiger partial charge on any atom is 0.168 e. The van der Waals surface area contributed by atoms with Crippen LogP contribution in [0.4, 0.5) is 0 Å². The second kappa shape index (κ2) is 7.57. The molecule has 0 unspecified atom stereocenters. The Morgan fingerprint density at radius 3 is 2.71 bits per heavy atom. The highest BCUT2D eigenvalue weighted by Gasteiger charge is 2.42. The lowest BCUT2D eigenvalue weighted by atomic mass is 9.77. The standard InChI is InChI=1S/C24H29N3S/c1-2-3-12-26-13-10-24(11-14-26)17-25-23-27(18-24)22(16-28-23)21-9-8-19-6-4-5-7-20(19)15-21/h4-9,15-16H,2-3,10-14,17-18H2,1H3. The average molecular weight is 392 g/mol. The van der Waals surface area contributed by atoms with Crippen LogP contribution in [0.3, 0.4) is 0 Å². The number of hydrogen-bond donors (Lipinski definition) is 0. The zero-order valence-electron chi connectivity index (χ0n) is 16.7.